The summed E-state index contributed by atoms with van der Waals surface area (Å²) >= 11 is 0. The van der Waals surface area contributed by atoms with Gasteiger partial charge in [0.1, 0.15) is 11.5 Å². The molecule has 3 rings (SSSR count). The molecule has 1 aromatic carbocycles. The summed E-state index contributed by atoms with van der Waals surface area (Å²) in [6.45, 7) is 4.09. The normalized spacial score (nSPS) is 15.0. The summed E-state index contributed by atoms with van der Waals surface area (Å²) in [5, 5.41) is 8.87. The summed E-state index contributed by atoms with van der Waals surface area (Å²) in [5.74, 6) is 5.32. The maximum Gasteiger partial charge on any atom is 0.165 e. The van der Waals surface area contributed by atoms with E-state index in [4.69, 9.17) is 5.26 Å². The lowest BCUT2D eigenvalue weighted by Gasteiger charge is -2.29. The van der Waals surface area contributed by atoms with Gasteiger partial charge in [-0.15, -0.1) is 0 Å². The Bertz CT molecular complexity index is 942. The van der Waals surface area contributed by atoms with Crippen LogP contribution in [0.15, 0.2) is 30.3 Å². The number of aromatic nitrogens is 1. The monoisotopic (exact) mass is 318 g/mol. The topological polar surface area (TPSA) is 53.8 Å². The zero-order valence-electron chi connectivity index (χ0n) is 13.5. The minimum Gasteiger partial charge on any atom is -0.294 e. The molecule has 1 aromatic heterocycles. The zero-order chi connectivity index (χ0) is 17.3. The predicted octanol–water partition coefficient (Wildman–Crippen LogP) is 3.65. The number of fused-ring (bicyclic) bond motifs is 1. The van der Waals surface area contributed by atoms with Gasteiger partial charge in [-0.2, -0.15) is 5.26 Å². The van der Waals surface area contributed by atoms with Gasteiger partial charge in [0.15, 0.2) is 5.78 Å². The van der Waals surface area contributed by atoms with Crippen molar-refractivity contribution >= 4 is 5.78 Å². The van der Waals surface area contributed by atoms with Crippen LogP contribution in [0.3, 0.4) is 0 Å². The third-order valence-electron chi connectivity index (χ3n) is 3.92. The second-order valence-electron chi connectivity index (χ2n) is 6.72. The molecule has 2 aromatic rings. The first-order valence-corrected chi connectivity index (χ1v) is 7.62. The largest absolute Gasteiger partial charge is 0.294 e. The van der Waals surface area contributed by atoms with E-state index >= 15 is 0 Å². The van der Waals surface area contributed by atoms with E-state index in [1.54, 1.807) is 12.1 Å². The van der Waals surface area contributed by atoms with Crippen molar-refractivity contribution in [1.82, 2.24) is 4.98 Å². The highest BCUT2D eigenvalue weighted by molar-refractivity contribution is 5.98. The number of carbonyl (C=O) groups is 1. The van der Waals surface area contributed by atoms with Crippen molar-refractivity contribution in [3.8, 4) is 17.9 Å². The molecule has 0 unspecified atom stereocenters. The van der Waals surface area contributed by atoms with Crippen LogP contribution in [-0.4, -0.2) is 10.8 Å². The first-order valence-electron chi connectivity index (χ1n) is 7.62. The summed E-state index contributed by atoms with van der Waals surface area (Å²) in [4.78, 5) is 16.6. The smallest absolute Gasteiger partial charge is 0.165 e. The van der Waals surface area contributed by atoms with Crippen LogP contribution in [-0.2, 0) is 6.42 Å². The highest BCUT2D eigenvalue weighted by Crippen LogP contribution is 2.33. The SMILES string of the molecule is CC1(C)CC(=O)c2ccc(C#Cc3cc(F)cc(C#N)c3)nc2C1. The Morgan fingerprint density at radius 3 is 2.62 bits per heavy atom. The van der Waals surface area contributed by atoms with E-state index in [-0.39, 0.29) is 16.8 Å². The summed E-state index contributed by atoms with van der Waals surface area (Å²) in [6, 6.07) is 9.33. The molecule has 1 heterocycles. The summed E-state index contributed by atoms with van der Waals surface area (Å²) in [6.07, 6.45) is 1.25. The molecule has 0 bridgehead atoms. The van der Waals surface area contributed by atoms with Crippen LogP contribution in [0, 0.1) is 34.4 Å². The van der Waals surface area contributed by atoms with E-state index in [1.807, 2.05) is 19.9 Å². The number of rotatable bonds is 0. The maximum absolute atomic E-state index is 13.4. The molecule has 0 N–H and O–H groups in total. The van der Waals surface area contributed by atoms with Gasteiger partial charge in [-0.25, -0.2) is 9.37 Å². The molecule has 4 heteroatoms. The van der Waals surface area contributed by atoms with E-state index in [1.165, 1.54) is 12.1 Å². The minimum atomic E-state index is -0.496. The number of carbonyl (C=O) groups excluding carboxylic acids is 1. The fourth-order valence-electron chi connectivity index (χ4n) is 2.87. The van der Waals surface area contributed by atoms with Crippen LogP contribution in [0.5, 0.6) is 0 Å². The molecule has 1 aliphatic carbocycles. The van der Waals surface area contributed by atoms with E-state index in [0.717, 1.165) is 18.2 Å². The molecule has 0 amide bonds. The van der Waals surface area contributed by atoms with Gasteiger partial charge in [-0.05, 0) is 48.1 Å². The Morgan fingerprint density at radius 1 is 1.12 bits per heavy atom. The number of nitriles is 1. The number of pyridine rings is 1. The van der Waals surface area contributed by atoms with Gasteiger partial charge in [0.25, 0.3) is 0 Å². The van der Waals surface area contributed by atoms with Crippen molar-refractivity contribution in [2.45, 2.75) is 26.7 Å². The predicted molar refractivity (Wildman–Crippen MR) is 87.8 cm³/mol. The Hall–Kier alpha value is -2.98. The second kappa shape index (κ2) is 5.91. The molecule has 0 fully saturated rings. The van der Waals surface area contributed by atoms with Crippen LogP contribution in [0.25, 0.3) is 0 Å². The number of ketones is 1. The van der Waals surface area contributed by atoms with Crippen molar-refractivity contribution in [2.24, 2.45) is 5.41 Å². The molecule has 0 saturated carbocycles. The van der Waals surface area contributed by atoms with Gasteiger partial charge in [0.2, 0.25) is 0 Å². The van der Waals surface area contributed by atoms with Crippen molar-refractivity contribution < 1.29 is 9.18 Å². The maximum atomic E-state index is 13.4. The number of Topliss-reactive ketones (excluding diaryl/α,β-unsaturated/α-hetero) is 1. The third kappa shape index (κ3) is 3.34. The molecule has 1 aliphatic rings. The van der Waals surface area contributed by atoms with E-state index in [9.17, 15) is 9.18 Å². The first kappa shape index (κ1) is 15.9. The molecule has 0 radical (unpaired) electrons. The van der Waals surface area contributed by atoms with Gasteiger partial charge >= 0.3 is 0 Å². The number of halogens is 1. The lowest BCUT2D eigenvalue weighted by atomic mass is 9.75. The summed E-state index contributed by atoms with van der Waals surface area (Å²) in [5.41, 5.74) is 2.50. The number of hydrogen-bond acceptors (Lipinski definition) is 3. The average Bonchev–Trinajstić information content (AvgIpc) is 2.50. The third-order valence-corrected chi connectivity index (χ3v) is 3.92. The van der Waals surface area contributed by atoms with Gasteiger partial charge in [0, 0.05) is 17.5 Å². The van der Waals surface area contributed by atoms with Crippen LogP contribution in [0.2, 0.25) is 0 Å². The number of hydrogen-bond donors (Lipinski definition) is 0. The molecular weight excluding hydrogens is 303 g/mol. The number of nitrogens with zero attached hydrogens (tertiary/aromatic N) is 2. The van der Waals surface area contributed by atoms with E-state index < -0.39 is 5.82 Å². The van der Waals surface area contributed by atoms with Gasteiger partial charge < -0.3 is 0 Å². The molecule has 0 saturated heterocycles. The molecule has 118 valence electrons. The van der Waals surface area contributed by atoms with Gasteiger partial charge in [-0.3, -0.25) is 4.79 Å². The van der Waals surface area contributed by atoms with Crippen molar-refractivity contribution in [3.05, 3.63) is 64.2 Å². The quantitative estimate of drug-likeness (QED) is 0.697. The lowest BCUT2D eigenvalue weighted by molar-refractivity contribution is 0.0910. The molecular formula is C20H15FN2O. The summed E-state index contributed by atoms with van der Waals surface area (Å²) < 4.78 is 13.4. The van der Waals surface area contributed by atoms with Crippen molar-refractivity contribution in [1.29, 1.82) is 5.26 Å². The molecule has 0 spiro atoms. The fourth-order valence-corrected chi connectivity index (χ4v) is 2.87. The Balaban J connectivity index is 1.95. The Kier molecular flexibility index (Phi) is 3.91. The first-order chi connectivity index (χ1) is 11.4. The highest BCUT2D eigenvalue weighted by Gasteiger charge is 2.31. The second-order valence-corrected chi connectivity index (χ2v) is 6.72. The van der Waals surface area contributed by atoms with Crippen molar-refractivity contribution in [3.63, 3.8) is 0 Å². The average molecular weight is 318 g/mol. The zero-order valence-corrected chi connectivity index (χ0v) is 13.5. The number of benzene rings is 1. The van der Waals surface area contributed by atoms with Gasteiger partial charge in [0.05, 0.1) is 17.3 Å². The van der Waals surface area contributed by atoms with Crippen LogP contribution >= 0.6 is 0 Å². The highest BCUT2D eigenvalue weighted by atomic mass is 19.1. The summed E-state index contributed by atoms with van der Waals surface area (Å²) in [7, 11) is 0. The Labute approximate surface area is 140 Å². The fraction of sp³-hybridized carbons (Fsp3) is 0.250. The standard InChI is InChI=1S/C20H15FN2O/c1-20(2)10-18-17(19(24)11-20)6-5-16(23-18)4-3-13-7-14(12-22)9-15(21)8-13/h5-9H,10-11H2,1-2H3. The lowest BCUT2D eigenvalue weighted by Crippen LogP contribution is -2.28. The molecule has 0 atom stereocenters. The molecule has 3 nitrogen and oxygen atoms in total. The van der Waals surface area contributed by atoms with Crippen LogP contribution in [0.1, 0.15) is 53.1 Å². The molecule has 0 aliphatic heterocycles. The van der Waals surface area contributed by atoms with Crippen molar-refractivity contribution in [2.75, 3.05) is 0 Å². The van der Waals surface area contributed by atoms with E-state index in [0.29, 0.717) is 23.2 Å². The van der Waals surface area contributed by atoms with Crippen LogP contribution < -0.4 is 0 Å². The molecule has 24 heavy (non-hydrogen) atoms. The van der Waals surface area contributed by atoms with Gasteiger partial charge in [-0.1, -0.05) is 19.8 Å². The minimum absolute atomic E-state index is 0.104. The Morgan fingerprint density at radius 2 is 1.88 bits per heavy atom. The van der Waals surface area contributed by atoms with Crippen LogP contribution in [0.4, 0.5) is 4.39 Å². The van der Waals surface area contributed by atoms with E-state index in [2.05, 4.69) is 16.8 Å².